The zero-order chi connectivity index (χ0) is 20.5. The summed E-state index contributed by atoms with van der Waals surface area (Å²) >= 11 is 6.07. The summed E-state index contributed by atoms with van der Waals surface area (Å²) in [6.07, 6.45) is 5.29. The third-order valence-electron chi connectivity index (χ3n) is 5.50. The molecule has 1 aliphatic rings. The minimum absolute atomic E-state index is 0.0824. The van der Waals surface area contributed by atoms with E-state index in [-0.39, 0.29) is 18.6 Å². The van der Waals surface area contributed by atoms with Gasteiger partial charge >= 0.3 is 5.97 Å². The van der Waals surface area contributed by atoms with Crippen LogP contribution in [0, 0.1) is 0 Å². The van der Waals surface area contributed by atoms with Crippen molar-refractivity contribution in [2.24, 2.45) is 0 Å². The van der Waals surface area contributed by atoms with E-state index >= 15 is 0 Å². The molecular weight excluding hydrogens is 386 g/mol. The minimum atomic E-state index is -0.698. The predicted octanol–water partition coefficient (Wildman–Crippen LogP) is 5.56. The van der Waals surface area contributed by atoms with E-state index in [9.17, 15) is 4.79 Å². The Morgan fingerprint density at radius 3 is 2.31 bits per heavy atom. The molecule has 1 fully saturated rings. The number of carboxylic acids is 1. The van der Waals surface area contributed by atoms with Crippen molar-refractivity contribution in [1.29, 1.82) is 0 Å². The van der Waals surface area contributed by atoms with Gasteiger partial charge in [0.1, 0.15) is 6.10 Å². The molecule has 0 aromatic heterocycles. The van der Waals surface area contributed by atoms with E-state index < -0.39 is 5.97 Å². The number of carboxylic acid groups (broad SMARTS) is 1. The van der Waals surface area contributed by atoms with Crippen LogP contribution in [0.15, 0.2) is 54.6 Å². The molecule has 3 rings (SSSR count). The highest BCUT2D eigenvalue weighted by Crippen LogP contribution is 2.30. The number of hydrogen-bond acceptors (Lipinski definition) is 3. The van der Waals surface area contributed by atoms with Crippen molar-refractivity contribution in [3.8, 4) is 0 Å². The first-order valence-corrected chi connectivity index (χ1v) is 10.9. The number of ether oxygens (including phenoxy) is 1. The number of piperidine rings is 1. The van der Waals surface area contributed by atoms with Crippen molar-refractivity contribution in [3.05, 3.63) is 70.7 Å². The number of likely N-dealkylation sites (tertiary alicyclic amines) is 1. The van der Waals surface area contributed by atoms with Gasteiger partial charge in [0.25, 0.3) is 0 Å². The molecule has 1 aliphatic heterocycles. The van der Waals surface area contributed by atoms with Crippen molar-refractivity contribution in [2.75, 3.05) is 19.6 Å². The lowest BCUT2D eigenvalue weighted by Gasteiger charge is -2.34. The lowest BCUT2D eigenvalue weighted by molar-refractivity contribution is -0.137. The van der Waals surface area contributed by atoms with E-state index in [1.54, 1.807) is 0 Å². The first-order valence-electron chi connectivity index (χ1n) is 10.5. The van der Waals surface area contributed by atoms with Crippen LogP contribution >= 0.6 is 11.6 Å². The van der Waals surface area contributed by atoms with Crippen molar-refractivity contribution in [2.45, 2.75) is 50.7 Å². The number of halogens is 1. The van der Waals surface area contributed by atoms with E-state index in [4.69, 9.17) is 21.4 Å². The van der Waals surface area contributed by atoms with E-state index in [1.165, 1.54) is 0 Å². The monoisotopic (exact) mass is 415 g/mol. The van der Waals surface area contributed by atoms with Crippen LogP contribution < -0.4 is 0 Å². The molecule has 0 aliphatic carbocycles. The first kappa shape index (κ1) is 21.8. The number of hydrogen-bond donors (Lipinski definition) is 1. The standard InChI is InChI=1S/C24H30ClNO3/c25-21-12-10-20(11-13-21)24(19-7-3-1-4-8-19)29-22-14-17-26(18-15-22)16-6-2-5-9-23(27)28/h1,3-4,7-8,10-13,22,24H,2,5-6,9,14-18H2,(H,27,28). The summed E-state index contributed by atoms with van der Waals surface area (Å²) in [5.74, 6) is -0.698. The summed E-state index contributed by atoms with van der Waals surface area (Å²) in [6.45, 7) is 3.11. The molecule has 1 N–H and O–H groups in total. The lowest BCUT2D eigenvalue weighted by atomic mass is 10.00. The van der Waals surface area contributed by atoms with Gasteiger partial charge in [0, 0.05) is 24.5 Å². The highest BCUT2D eigenvalue weighted by molar-refractivity contribution is 6.30. The summed E-state index contributed by atoms with van der Waals surface area (Å²) in [6, 6.07) is 18.3. The van der Waals surface area contributed by atoms with Gasteiger partial charge in [-0.2, -0.15) is 0 Å². The Morgan fingerprint density at radius 2 is 1.66 bits per heavy atom. The average molecular weight is 416 g/mol. The van der Waals surface area contributed by atoms with Gasteiger partial charge in [0.05, 0.1) is 6.10 Å². The fourth-order valence-corrected chi connectivity index (χ4v) is 3.99. The van der Waals surface area contributed by atoms with Crippen LogP contribution in [0.4, 0.5) is 0 Å². The zero-order valence-electron chi connectivity index (χ0n) is 16.8. The molecule has 4 nitrogen and oxygen atoms in total. The van der Waals surface area contributed by atoms with Crippen LogP contribution in [0.3, 0.4) is 0 Å². The quantitative estimate of drug-likeness (QED) is 0.516. The molecule has 156 valence electrons. The predicted molar refractivity (Wildman–Crippen MR) is 116 cm³/mol. The maximum absolute atomic E-state index is 10.6. The summed E-state index contributed by atoms with van der Waals surface area (Å²) in [4.78, 5) is 13.1. The van der Waals surface area contributed by atoms with Crippen molar-refractivity contribution in [1.82, 2.24) is 4.90 Å². The Morgan fingerprint density at radius 1 is 1.00 bits per heavy atom. The van der Waals surface area contributed by atoms with Crippen LogP contribution in [0.1, 0.15) is 55.8 Å². The largest absolute Gasteiger partial charge is 0.481 e. The Labute approximate surface area is 178 Å². The highest BCUT2D eigenvalue weighted by Gasteiger charge is 2.24. The molecule has 1 saturated heterocycles. The number of nitrogens with zero attached hydrogens (tertiary/aromatic N) is 1. The van der Waals surface area contributed by atoms with Gasteiger partial charge in [0.15, 0.2) is 0 Å². The minimum Gasteiger partial charge on any atom is -0.481 e. The van der Waals surface area contributed by atoms with Crippen LogP contribution in [0.2, 0.25) is 5.02 Å². The molecule has 0 amide bonds. The smallest absolute Gasteiger partial charge is 0.303 e. The van der Waals surface area contributed by atoms with Gasteiger partial charge in [-0.1, -0.05) is 60.5 Å². The second-order valence-corrected chi connectivity index (χ2v) is 8.16. The number of benzene rings is 2. The molecule has 1 atom stereocenters. The Kier molecular flexibility index (Phi) is 8.53. The molecule has 0 bridgehead atoms. The van der Waals surface area contributed by atoms with Crippen LogP contribution in [0.25, 0.3) is 0 Å². The molecule has 1 unspecified atom stereocenters. The van der Waals surface area contributed by atoms with E-state index in [2.05, 4.69) is 29.2 Å². The second kappa shape index (κ2) is 11.3. The topological polar surface area (TPSA) is 49.8 Å². The van der Waals surface area contributed by atoms with Crippen molar-refractivity contribution >= 4 is 17.6 Å². The molecule has 0 spiro atoms. The number of unbranched alkanes of at least 4 members (excludes halogenated alkanes) is 2. The maximum Gasteiger partial charge on any atom is 0.303 e. The normalized spacial score (nSPS) is 16.6. The SMILES string of the molecule is O=C(O)CCCCCN1CCC(OC(c2ccccc2)c2ccc(Cl)cc2)CC1. The fourth-order valence-electron chi connectivity index (χ4n) is 3.86. The molecule has 1 heterocycles. The summed E-state index contributed by atoms with van der Waals surface area (Å²) < 4.78 is 6.59. The zero-order valence-corrected chi connectivity index (χ0v) is 17.6. The van der Waals surface area contributed by atoms with Gasteiger partial charge in [0.2, 0.25) is 0 Å². The van der Waals surface area contributed by atoms with Gasteiger partial charge < -0.3 is 14.7 Å². The maximum atomic E-state index is 10.6. The fraction of sp³-hybridized carbons (Fsp3) is 0.458. The van der Waals surface area contributed by atoms with Crippen LogP contribution in [-0.4, -0.2) is 41.7 Å². The highest BCUT2D eigenvalue weighted by atomic mass is 35.5. The lowest BCUT2D eigenvalue weighted by Crippen LogP contribution is -2.38. The van der Waals surface area contributed by atoms with E-state index in [0.717, 1.165) is 67.9 Å². The van der Waals surface area contributed by atoms with Crippen molar-refractivity contribution in [3.63, 3.8) is 0 Å². The molecule has 0 saturated carbocycles. The first-order chi connectivity index (χ1) is 14.1. The van der Waals surface area contributed by atoms with Crippen LogP contribution in [0.5, 0.6) is 0 Å². The molecule has 2 aromatic carbocycles. The van der Waals surface area contributed by atoms with Crippen molar-refractivity contribution < 1.29 is 14.6 Å². The van der Waals surface area contributed by atoms with Gasteiger partial charge in [-0.05, 0) is 55.5 Å². The van der Waals surface area contributed by atoms with Gasteiger partial charge in [-0.15, -0.1) is 0 Å². The average Bonchev–Trinajstić information content (AvgIpc) is 2.74. The molecular formula is C24H30ClNO3. The molecule has 2 aromatic rings. The Balaban J connectivity index is 1.51. The summed E-state index contributed by atoms with van der Waals surface area (Å²) in [7, 11) is 0. The number of carbonyl (C=O) groups is 1. The third kappa shape index (κ3) is 7.14. The Hall–Kier alpha value is -1.88. The summed E-state index contributed by atoms with van der Waals surface area (Å²) in [5.41, 5.74) is 2.29. The number of rotatable bonds is 10. The van der Waals surface area contributed by atoms with Gasteiger partial charge in [-0.3, -0.25) is 4.79 Å². The third-order valence-corrected chi connectivity index (χ3v) is 5.76. The molecule has 0 radical (unpaired) electrons. The molecule has 5 heteroatoms. The van der Waals surface area contributed by atoms with E-state index in [1.807, 2.05) is 30.3 Å². The van der Waals surface area contributed by atoms with E-state index in [0.29, 0.717) is 0 Å². The number of aliphatic carboxylic acids is 1. The Bertz CT molecular complexity index is 742. The molecule has 29 heavy (non-hydrogen) atoms. The van der Waals surface area contributed by atoms with Crippen LogP contribution in [-0.2, 0) is 9.53 Å². The van der Waals surface area contributed by atoms with Gasteiger partial charge in [-0.25, -0.2) is 0 Å². The summed E-state index contributed by atoms with van der Waals surface area (Å²) in [5, 5.41) is 9.44. The second-order valence-electron chi connectivity index (χ2n) is 7.72.